The third-order valence-electron chi connectivity index (χ3n) is 1.60. The molecule has 1 nitrogen and oxygen atoms in total. The Balaban J connectivity index is 0. The first kappa shape index (κ1) is 13.2. The van der Waals surface area contributed by atoms with Gasteiger partial charge in [0.1, 0.15) is 0 Å². The molecule has 0 aromatic carbocycles. The summed E-state index contributed by atoms with van der Waals surface area (Å²) < 4.78 is 0. The second-order valence-corrected chi connectivity index (χ2v) is 3.06. The van der Waals surface area contributed by atoms with Crippen molar-refractivity contribution in [2.24, 2.45) is 0 Å². The van der Waals surface area contributed by atoms with Gasteiger partial charge in [-0.15, -0.1) is 6.42 Å². The summed E-state index contributed by atoms with van der Waals surface area (Å²) in [6, 6.07) is 1.10. The zero-order valence-electron chi connectivity index (χ0n) is 7.96. The summed E-state index contributed by atoms with van der Waals surface area (Å²) >= 11 is 0. The van der Waals surface area contributed by atoms with E-state index in [0.29, 0.717) is 12.1 Å². The molecule has 0 aromatic rings. The summed E-state index contributed by atoms with van der Waals surface area (Å²) in [4.78, 5) is 2.28. The Kier molecular flexibility index (Phi) is 7.56. The monoisotopic (exact) mass is 150 g/mol. The Bertz CT molecular complexity index is 116. The lowest BCUT2D eigenvalue weighted by Crippen LogP contribution is -2.37. The van der Waals surface area contributed by atoms with Crippen molar-refractivity contribution in [2.45, 2.75) is 39.8 Å². The molecule has 0 aromatic heterocycles. The lowest BCUT2D eigenvalue weighted by molar-refractivity contribution is 0.200. The van der Waals surface area contributed by atoms with Gasteiger partial charge in [-0.2, -0.15) is 0 Å². The highest BCUT2D eigenvalue weighted by Gasteiger charge is 2.10. The van der Waals surface area contributed by atoms with Gasteiger partial charge in [-0.1, -0.05) is 5.92 Å². The first-order valence-corrected chi connectivity index (χ1v) is 3.78. The highest BCUT2D eigenvalue weighted by Crippen LogP contribution is 2.02. The highest BCUT2D eigenvalue weighted by molar-refractivity contribution is 5.75. The smallest absolute Gasteiger partial charge is 0.0603 e. The maximum atomic E-state index is 5.21. The van der Waals surface area contributed by atoms with Crippen LogP contribution in [0.2, 0.25) is 0 Å². The molecule has 0 spiro atoms. The van der Waals surface area contributed by atoms with Crippen LogP contribution in [-0.4, -0.2) is 31.9 Å². The molecule has 0 aliphatic heterocycles. The predicted octanol–water partition coefficient (Wildman–Crippen LogP) is 1.36. The van der Waals surface area contributed by atoms with Crippen LogP contribution < -0.4 is 0 Å². The standard InChI is InChI=1S/C9H17N.B/c1-6-7-10(8(2)3)9(4)5;/h1,8-9H,7H2,2-5H3;. The SMILES string of the molecule is C#CCN(C(C)C)C(C)C.[B]. The number of rotatable bonds is 3. The summed E-state index contributed by atoms with van der Waals surface area (Å²) in [5, 5.41) is 0. The average Bonchev–Trinajstić information content (AvgIpc) is 1.81. The minimum Gasteiger partial charge on any atom is -0.287 e. The zero-order valence-corrected chi connectivity index (χ0v) is 7.96. The summed E-state index contributed by atoms with van der Waals surface area (Å²) in [7, 11) is 0. The molecule has 61 valence electrons. The molecule has 0 atom stereocenters. The number of terminal acetylenes is 1. The van der Waals surface area contributed by atoms with Gasteiger partial charge in [-0.25, -0.2) is 0 Å². The topological polar surface area (TPSA) is 3.24 Å². The molecule has 0 amide bonds. The van der Waals surface area contributed by atoms with Crippen LogP contribution in [0.15, 0.2) is 0 Å². The van der Waals surface area contributed by atoms with Crippen LogP contribution in [0.1, 0.15) is 27.7 Å². The molecule has 0 bridgehead atoms. The second kappa shape index (κ2) is 6.31. The van der Waals surface area contributed by atoms with E-state index in [9.17, 15) is 0 Å². The highest BCUT2D eigenvalue weighted by atomic mass is 15.2. The quantitative estimate of drug-likeness (QED) is 0.433. The van der Waals surface area contributed by atoms with Gasteiger partial charge >= 0.3 is 0 Å². The van der Waals surface area contributed by atoms with Crippen molar-refractivity contribution in [3.05, 3.63) is 0 Å². The summed E-state index contributed by atoms with van der Waals surface area (Å²) in [5.74, 6) is 2.66. The minimum atomic E-state index is 0. The molecular formula is C9H17BN. The molecule has 0 aliphatic carbocycles. The Morgan fingerprint density at radius 3 is 1.64 bits per heavy atom. The molecule has 0 heterocycles. The molecule has 0 saturated carbocycles. The van der Waals surface area contributed by atoms with Gasteiger partial charge in [-0.3, -0.25) is 4.90 Å². The van der Waals surface area contributed by atoms with Gasteiger partial charge in [0.15, 0.2) is 0 Å². The van der Waals surface area contributed by atoms with Crippen LogP contribution in [0.4, 0.5) is 0 Å². The Morgan fingerprint density at radius 2 is 1.55 bits per heavy atom. The van der Waals surface area contributed by atoms with Crippen LogP contribution in [0.5, 0.6) is 0 Å². The number of hydrogen-bond donors (Lipinski definition) is 0. The van der Waals surface area contributed by atoms with Gasteiger partial charge in [0.2, 0.25) is 0 Å². The largest absolute Gasteiger partial charge is 0.287 e. The lowest BCUT2D eigenvalue weighted by Gasteiger charge is -2.27. The second-order valence-electron chi connectivity index (χ2n) is 3.06. The Hall–Kier alpha value is -0.415. The predicted molar refractivity (Wildman–Crippen MR) is 51.6 cm³/mol. The fraction of sp³-hybridized carbons (Fsp3) is 0.778. The average molecular weight is 150 g/mol. The van der Waals surface area contributed by atoms with Crippen LogP contribution in [0.25, 0.3) is 0 Å². The van der Waals surface area contributed by atoms with Crippen molar-refractivity contribution in [3.63, 3.8) is 0 Å². The van der Waals surface area contributed by atoms with Crippen LogP contribution in [-0.2, 0) is 0 Å². The van der Waals surface area contributed by atoms with E-state index in [-0.39, 0.29) is 8.41 Å². The van der Waals surface area contributed by atoms with Gasteiger partial charge in [0.25, 0.3) is 0 Å². The van der Waals surface area contributed by atoms with Gasteiger partial charge in [0, 0.05) is 20.5 Å². The van der Waals surface area contributed by atoms with Crippen molar-refractivity contribution < 1.29 is 0 Å². The van der Waals surface area contributed by atoms with E-state index >= 15 is 0 Å². The van der Waals surface area contributed by atoms with Crippen molar-refractivity contribution in [1.82, 2.24) is 4.90 Å². The van der Waals surface area contributed by atoms with Crippen LogP contribution in [0, 0.1) is 12.3 Å². The summed E-state index contributed by atoms with van der Waals surface area (Å²) in [6.07, 6.45) is 5.21. The van der Waals surface area contributed by atoms with E-state index in [2.05, 4.69) is 38.5 Å². The molecule has 0 saturated heterocycles. The Morgan fingerprint density at radius 1 is 1.18 bits per heavy atom. The third-order valence-corrected chi connectivity index (χ3v) is 1.60. The first-order valence-electron chi connectivity index (χ1n) is 3.78. The molecule has 0 fully saturated rings. The molecule has 0 unspecified atom stereocenters. The van der Waals surface area contributed by atoms with Crippen molar-refractivity contribution in [1.29, 1.82) is 0 Å². The van der Waals surface area contributed by atoms with Gasteiger partial charge in [0.05, 0.1) is 6.54 Å². The van der Waals surface area contributed by atoms with E-state index in [1.165, 1.54) is 0 Å². The van der Waals surface area contributed by atoms with E-state index in [1.807, 2.05) is 0 Å². The van der Waals surface area contributed by atoms with Crippen molar-refractivity contribution >= 4 is 8.41 Å². The number of hydrogen-bond acceptors (Lipinski definition) is 1. The zero-order chi connectivity index (χ0) is 8.15. The number of nitrogens with zero attached hydrogens (tertiary/aromatic N) is 1. The first-order chi connectivity index (χ1) is 4.59. The van der Waals surface area contributed by atoms with Crippen molar-refractivity contribution in [3.8, 4) is 12.3 Å². The third kappa shape index (κ3) is 4.92. The molecule has 11 heavy (non-hydrogen) atoms. The summed E-state index contributed by atoms with van der Waals surface area (Å²) in [6.45, 7) is 9.42. The lowest BCUT2D eigenvalue weighted by atomic mass is 10.2. The fourth-order valence-electron chi connectivity index (χ4n) is 1.07. The van der Waals surface area contributed by atoms with Crippen LogP contribution >= 0.6 is 0 Å². The van der Waals surface area contributed by atoms with E-state index in [4.69, 9.17) is 6.42 Å². The van der Waals surface area contributed by atoms with Crippen molar-refractivity contribution in [2.75, 3.05) is 6.54 Å². The molecule has 0 N–H and O–H groups in total. The maximum Gasteiger partial charge on any atom is 0.0603 e. The molecule has 0 rings (SSSR count). The molecular weight excluding hydrogens is 133 g/mol. The molecule has 0 aliphatic rings. The minimum absolute atomic E-state index is 0. The van der Waals surface area contributed by atoms with Crippen LogP contribution in [0.3, 0.4) is 0 Å². The fourth-order valence-corrected chi connectivity index (χ4v) is 1.07. The maximum absolute atomic E-state index is 5.21. The normalized spacial score (nSPS) is 10.0. The van der Waals surface area contributed by atoms with E-state index < -0.39 is 0 Å². The summed E-state index contributed by atoms with van der Waals surface area (Å²) in [5.41, 5.74) is 0. The van der Waals surface area contributed by atoms with E-state index in [1.54, 1.807) is 0 Å². The van der Waals surface area contributed by atoms with Gasteiger partial charge < -0.3 is 0 Å². The molecule has 2 heteroatoms. The molecule has 3 radical (unpaired) electrons. The Labute approximate surface area is 72.7 Å². The van der Waals surface area contributed by atoms with Gasteiger partial charge in [-0.05, 0) is 27.7 Å². The van der Waals surface area contributed by atoms with E-state index in [0.717, 1.165) is 6.54 Å².